The van der Waals surface area contributed by atoms with Gasteiger partial charge in [-0.05, 0) is 24.1 Å². The SMILES string of the molecule is CCC(c1ccc(C(F)(F)F)cc1)n1nc(C(F)(F)F)c2c(=O)[nH]c(=O)[nH]c21. The average molecular weight is 406 g/mol. The molecule has 3 rings (SSSR count). The molecule has 0 radical (unpaired) electrons. The van der Waals surface area contributed by atoms with Crippen LogP contribution in [0, 0.1) is 0 Å². The molecule has 0 fully saturated rings. The van der Waals surface area contributed by atoms with Crippen LogP contribution in [-0.2, 0) is 12.4 Å². The third-order valence-electron chi connectivity index (χ3n) is 4.17. The molecule has 28 heavy (non-hydrogen) atoms. The molecule has 0 bridgehead atoms. The molecule has 2 N–H and O–H groups in total. The van der Waals surface area contributed by atoms with Gasteiger partial charge in [0.1, 0.15) is 11.0 Å². The minimum absolute atomic E-state index is 0.133. The molecular formula is C16H12F6N4O2. The lowest BCUT2D eigenvalue weighted by Gasteiger charge is -2.18. The van der Waals surface area contributed by atoms with Gasteiger partial charge in [-0.25, -0.2) is 9.48 Å². The molecule has 0 amide bonds. The summed E-state index contributed by atoms with van der Waals surface area (Å²) in [6, 6.07) is 2.87. The van der Waals surface area contributed by atoms with Gasteiger partial charge in [-0.1, -0.05) is 19.1 Å². The van der Waals surface area contributed by atoms with Gasteiger partial charge in [0.05, 0.1) is 11.6 Å². The van der Waals surface area contributed by atoms with Crippen LogP contribution in [0.4, 0.5) is 26.3 Å². The van der Waals surface area contributed by atoms with Crippen LogP contribution >= 0.6 is 0 Å². The van der Waals surface area contributed by atoms with Crippen LogP contribution in [0.15, 0.2) is 33.9 Å². The zero-order valence-electron chi connectivity index (χ0n) is 14.1. The molecule has 0 aliphatic heterocycles. The number of hydrogen-bond donors (Lipinski definition) is 2. The van der Waals surface area contributed by atoms with Crippen molar-refractivity contribution in [2.45, 2.75) is 31.7 Å². The Labute approximate surface area is 151 Å². The number of halogens is 6. The predicted molar refractivity (Wildman–Crippen MR) is 85.9 cm³/mol. The smallest absolute Gasteiger partial charge is 0.291 e. The molecule has 12 heteroatoms. The summed E-state index contributed by atoms with van der Waals surface area (Å²) in [5.41, 5.74) is -4.94. The maximum Gasteiger partial charge on any atom is 0.436 e. The van der Waals surface area contributed by atoms with Crippen LogP contribution < -0.4 is 11.2 Å². The number of rotatable bonds is 3. The van der Waals surface area contributed by atoms with Gasteiger partial charge >= 0.3 is 18.0 Å². The summed E-state index contributed by atoms with van der Waals surface area (Å²) >= 11 is 0. The number of aromatic nitrogens is 4. The topological polar surface area (TPSA) is 83.5 Å². The highest BCUT2D eigenvalue weighted by molar-refractivity contribution is 5.77. The lowest BCUT2D eigenvalue weighted by Crippen LogP contribution is -2.24. The molecule has 3 aromatic rings. The standard InChI is InChI=1S/C16H12F6N4O2/c1-2-9(7-3-5-8(6-4-7)15(17,18)19)26-12-10(11(25-26)16(20,21)22)13(27)24-14(28)23-12/h3-6,9H,2H2,1H3,(H2,23,24,27,28). The van der Waals surface area contributed by atoms with Crippen molar-refractivity contribution in [1.29, 1.82) is 0 Å². The molecule has 150 valence electrons. The number of aromatic amines is 2. The molecule has 1 unspecified atom stereocenters. The fourth-order valence-corrected chi connectivity index (χ4v) is 2.94. The third kappa shape index (κ3) is 3.41. The normalized spacial score (nSPS) is 13.8. The summed E-state index contributed by atoms with van der Waals surface area (Å²) < 4.78 is 79.0. The van der Waals surface area contributed by atoms with E-state index in [1.165, 1.54) is 0 Å². The molecular weight excluding hydrogens is 394 g/mol. The van der Waals surface area contributed by atoms with Crippen molar-refractivity contribution in [2.24, 2.45) is 0 Å². The first-order chi connectivity index (χ1) is 12.9. The summed E-state index contributed by atoms with van der Waals surface area (Å²) in [4.78, 5) is 27.3. The van der Waals surface area contributed by atoms with Gasteiger partial charge in [0.15, 0.2) is 5.69 Å². The Hall–Kier alpha value is -3.05. The van der Waals surface area contributed by atoms with Crippen LogP contribution in [0.25, 0.3) is 11.0 Å². The second-order valence-electron chi connectivity index (χ2n) is 5.97. The minimum atomic E-state index is -4.98. The maximum absolute atomic E-state index is 13.3. The highest BCUT2D eigenvalue weighted by Gasteiger charge is 2.39. The number of nitrogens with one attached hydrogen (secondary N) is 2. The minimum Gasteiger partial charge on any atom is -0.291 e. The van der Waals surface area contributed by atoms with E-state index in [2.05, 4.69) is 10.1 Å². The van der Waals surface area contributed by atoms with Crippen LogP contribution in [-0.4, -0.2) is 19.7 Å². The number of alkyl halides is 6. The van der Waals surface area contributed by atoms with E-state index < -0.39 is 51.9 Å². The predicted octanol–water partition coefficient (Wildman–Crippen LogP) is 3.45. The Kier molecular flexibility index (Phi) is 4.60. The average Bonchev–Trinajstić information content (AvgIpc) is 2.95. The Morgan fingerprint density at radius 1 is 1.00 bits per heavy atom. The van der Waals surface area contributed by atoms with Crippen molar-refractivity contribution < 1.29 is 26.3 Å². The summed E-state index contributed by atoms with van der Waals surface area (Å²) in [7, 11) is 0. The van der Waals surface area contributed by atoms with E-state index in [9.17, 15) is 35.9 Å². The van der Waals surface area contributed by atoms with Gasteiger partial charge < -0.3 is 0 Å². The molecule has 2 heterocycles. The van der Waals surface area contributed by atoms with Crippen LogP contribution in [0.2, 0.25) is 0 Å². The van der Waals surface area contributed by atoms with Gasteiger partial charge in [-0.15, -0.1) is 0 Å². The number of H-pyrrole nitrogens is 2. The number of nitrogens with zero attached hydrogens (tertiary/aromatic N) is 2. The number of hydrogen-bond acceptors (Lipinski definition) is 3. The third-order valence-corrected chi connectivity index (χ3v) is 4.17. The van der Waals surface area contributed by atoms with E-state index in [0.29, 0.717) is 0 Å². The van der Waals surface area contributed by atoms with E-state index in [1.807, 2.05) is 0 Å². The quantitative estimate of drug-likeness (QED) is 0.654. The van der Waals surface area contributed by atoms with Crippen LogP contribution in [0.3, 0.4) is 0 Å². The Morgan fingerprint density at radius 2 is 1.61 bits per heavy atom. The van der Waals surface area contributed by atoms with Gasteiger partial charge in [0, 0.05) is 0 Å². The largest absolute Gasteiger partial charge is 0.436 e. The van der Waals surface area contributed by atoms with E-state index in [4.69, 9.17) is 0 Å². The van der Waals surface area contributed by atoms with E-state index >= 15 is 0 Å². The molecule has 0 aliphatic carbocycles. The Bertz CT molecular complexity index is 1120. The fraction of sp³-hybridized carbons (Fsp3) is 0.312. The summed E-state index contributed by atoms with van der Waals surface area (Å²) in [6.45, 7) is 1.58. The summed E-state index contributed by atoms with van der Waals surface area (Å²) in [5.74, 6) is 0. The van der Waals surface area contributed by atoms with Gasteiger partial charge in [0.25, 0.3) is 5.56 Å². The van der Waals surface area contributed by atoms with Gasteiger partial charge in [0.2, 0.25) is 0 Å². The van der Waals surface area contributed by atoms with E-state index in [0.717, 1.165) is 28.9 Å². The Morgan fingerprint density at radius 3 is 2.11 bits per heavy atom. The van der Waals surface area contributed by atoms with Crippen molar-refractivity contribution in [1.82, 2.24) is 19.7 Å². The molecule has 1 aromatic carbocycles. The fourth-order valence-electron chi connectivity index (χ4n) is 2.94. The highest BCUT2D eigenvalue weighted by atomic mass is 19.4. The highest BCUT2D eigenvalue weighted by Crippen LogP contribution is 2.35. The van der Waals surface area contributed by atoms with E-state index in [1.54, 1.807) is 11.9 Å². The summed E-state index contributed by atoms with van der Waals surface area (Å²) in [6.07, 6.45) is -9.41. The van der Waals surface area contributed by atoms with Crippen molar-refractivity contribution in [2.75, 3.05) is 0 Å². The first kappa shape index (κ1) is 19.7. The second kappa shape index (κ2) is 6.53. The first-order valence-corrected chi connectivity index (χ1v) is 7.92. The zero-order chi connectivity index (χ0) is 20.9. The molecule has 0 aliphatic rings. The monoisotopic (exact) mass is 406 g/mol. The zero-order valence-corrected chi connectivity index (χ0v) is 14.1. The van der Waals surface area contributed by atoms with Gasteiger partial charge in [-0.3, -0.25) is 14.8 Å². The molecule has 0 saturated heterocycles. The molecule has 0 spiro atoms. The molecule has 6 nitrogen and oxygen atoms in total. The molecule has 2 aromatic heterocycles. The van der Waals surface area contributed by atoms with Crippen LogP contribution in [0.5, 0.6) is 0 Å². The summed E-state index contributed by atoms with van der Waals surface area (Å²) in [5, 5.41) is 2.61. The van der Waals surface area contributed by atoms with Crippen molar-refractivity contribution in [3.63, 3.8) is 0 Å². The Balaban J connectivity index is 2.24. The molecule has 0 saturated carbocycles. The van der Waals surface area contributed by atoms with Gasteiger partial charge in [-0.2, -0.15) is 31.4 Å². The second-order valence-corrected chi connectivity index (χ2v) is 5.97. The van der Waals surface area contributed by atoms with E-state index in [-0.39, 0.29) is 12.0 Å². The van der Waals surface area contributed by atoms with Crippen LogP contribution in [0.1, 0.15) is 36.2 Å². The van der Waals surface area contributed by atoms with Crippen molar-refractivity contribution in [3.8, 4) is 0 Å². The lowest BCUT2D eigenvalue weighted by atomic mass is 10.0. The maximum atomic E-state index is 13.3. The number of fused-ring (bicyclic) bond motifs is 1. The van der Waals surface area contributed by atoms with Crippen molar-refractivity contribution >= 4 is 11.0 Å². The number of benzene rings is 1. The first-order valence-electron chi connectivity index (χ1n) is 7.92. The molecule has 1 atom stereocenters. The lowest BCUT2D eigenvalue weighted by molar-refractivity contribution is -0.140. The van der Waals surface area contributed by atoms with Crippen molar-refractivity contribution in [3.05, 3.63) is 61.9 Å².